The van der Waals surface area contributed by atoms with E-state index in [1.54, 1.807) is 6.20 Å². The monoisotopic (exact) mass is 243 g/mol. The minimum Gasteiger partial charge on any atom is -0.311 e. The smallest absolute Gasteiger partial charge is 0.0834 e. The molecule has 0 aliphatic carbocycles. The number of nitrogens with one attached hydrogen (secondary N) is 1. The lowest BCUT2D eigenvalue weighted by Gasteiger charge is -2.27. The molecule has 3 nitrogen and oxygen atoms in total. The second-order valence-electron chi connectivity index (χ2n) is 4.56. The maximum absolute atomic E-state index is 6.22. The molecule has 1 rings (SSSR count). The fraction of sp³-hybridized carbons (Fsp3) is 0.750. The van der Waals surface area contributed by atoms with Gasteiger partial charge in [-0.05, 0) is 25.8 Å². The molecule has 0 saturated carbocycles. The Morgan fingerprint density at radius 3 is 2.50 bits per heavy atom. The summed E-state index contributed by atoms with van der Waals surface area (Å²) in [6.07, 6.45) is 1.73. The van der Waals surface area contributed by atoms with E-state index in [9.17, 15) is 0 Å². The van der Waals surface area contributed by atoms with Gasteiger partial charge in [-0.2, -0.15) is 5.10 Å². The summed E-state index contributed by atoms with van der Waals surface area (Å²) in [6, 6.07) is 0.259. The molecular weight excluding hydrogens is 222 g/mol. The van der Waals surface area contributed by atoms with Crippen LogP contribution in [0.25, 0.3) is 0 Å². The lowest BCUT2D eigenvalue weighted by Crippen LogP contribution is -2.29. The van der Waals surface area contributed by atoms with E-state index >= 15 is 0 Å². The molecule has 0 aliphatic rings. The number of aromatic nitrogens is 2. The van der Waals surface area contributed by atoms with Crippen molar-refractivity contribution in [1.82, 2.24) is 15.1 Å². The van der Waals surface area contributed by atoms with Crippen LogP contribution in [0.1, 0.15) is 39.4 Å². The van der Waals surface area contributed by atoms with Crippen molar-refractivity contribution in [2.45, 2.75) is 40.3 Å². The molecule has 2 unspecified atom stereocenters. The fourth-order valence-electron chi connectivity index (χ4n) is 1.97. The Morgan fingerprint density at radius 2 is 2.06 bits per heavy atom. The van der Waals surface area contributed by atoms with E-state index in [0.717, 1.165) is 17.3 Å². The highest BCUT2D eigenvalue weighted by molar-refractivity contribution is 6.31. The summed E-state index contributed by atoms with van der Waals surface area (Å²) in [6.45, 7) is 9.64. The Kier molecular flexibility index (Phi) is 4.81. The zero-order valence-electron chi connectivity index (χ0n) is 10.8. The van der Waals surface area contributed by atoms with Gasteiger partial charge in [0.25, 0.3) is 0 Å². The molecule has 0 radical (unpaired) electrons. The molecule has 2 atom stereocenters. The standard InChI is InChI=1S/C12H22ClN3/c1-6-16-12(10(13)7-15-16)11(14-5)9(4)8(2)3/h7-9,11,14H,6H2,1-5H3. The minimum absolute atomic E-state index is 0.259. The number of hydrogen-bond acceptors (Lipinski definition) is 2. The van der Waals surface area contributed by atoms with Crippen molar-refractivity contribution < 1.29 is 0 Å². The number of rotatable bonds is 5. The zero-order valence-corrected chi connectivity index (χ0v) is 11.5. The lowest BCUT2D eigenvalue weighted by atomic mass is 9.88. The SMILES string of the molecule is CCn1ncc(Cl)c1C(NC)C(C)C(C)C. The highest BCUT2D eigenvalue weighted by atomic mass is 35.5. The molecule has 0 spiro atoms. The summed E-state index contributed by atoms with van der Waals surface area (Å²) in [5.41, 5.74) is 1.10. The third-order valence-electron chi connectivity index (χ3n) is 3.32. The molecule has 0 fully saturated rings. The van der Waals surface area contributed by atoms with Crippen LogP contribution in [0.5, 0.6) is 0 Å². The Balaban J connectivity index is 3.07. The van der Waals surface area contributed by atoms with Gasteiger partial charge in [0.1, 0.15) is 0 Å². The Morgan fingerprint density at radius 1 is 1.44 bits per heavy atom. The van der Waals surface area contributed by atoms with Crippen LogP contribution in [0.4, 0.5) is 0 Å². The number of nitrogens with zero attached hydrogens (tertiary/aromatic N) is 2. The summed E-state index contributed by atoms with van der Waals surface area (Å²) in [7, 11) is 1.98. The van der Waals surface area contributed by atoms with E-state index in [0.29, 0.717) is 11.8 Å². The van der Waals surface area contributed by atoms with E-state index in [2.05, 4.69) is 38.1 Å². The van der Waals surface area contributed by atoms with Crippen LogP contribution < -0.4 is 5.32 Å². The average Bonchev–Trinajstić information content (AvgIpc) is 2.61. The van der Waals surface area contributed by atoms with Gasteiger partial charge in [-0.25, -0.2) is 0 Å². The van der Waals surface area contributed by atoms with Crippen LogP contribution >= 0.6 is 11.6 Å². The van der Waals surface area contributed by atoms with Gasteiger partial charge in [0.2, 0.25) is 0 Å². The van der Waals surface area contributed by atoms with E-state index in [-0.39, 0.29) is 6.04 Å². The molecule has 1 aromatic heterocycles. The first-order chi connectivity index (χ1) is 7.52. The molecule has 0 saturated heterocycles. The first kappa shape index (κ1) is 13.5. The van der Waals surface area contributed by atoms with Gasteiger partial charge in [0, 0.05) is 6.54 Å². The molecule has 16 heavy (non-hydrogen) atoms. The molecule has 4 heteroatoms. The summed E-state index contributed by atoms with van der Waals surface area (Å²) in [4.78, 5) is 0. The highest BCUT2D eigenvalue weighted by Gasteiger charge is 2.25. The van der Waals surface area contributed by atoms with Crippen molar-refractivity contribution in [2.75, 3.05) is 7.05 Å². The fourth-order valence-corrected chi connectivity index (χ4v) is 2.23. The second-order valence-corrected chi connectivity index (χ2v) is 4.97. The first-order valence-electron chi connectivity index (χ1n) is 5.91. The van der Waals surface area contributed by atoms with Crippen molar-refractivity contribution in [2.24, 2.45) is 11.8 Å². The molecular formula is C12H22ClN3. The number of halogens is 1. The van der Waals surface area contributed by atoms with Gasteiger partial charge in [-0.1, -0.05) is 32.4 Å². The largest absolute Gasteiger partial charge is 0.311 e. The zero-order chi connectivity index (χ0) is 12.3. The molecule has 92 valence electrons. The van der Waals surface area contributed by atoms with Gasteiger partial charge in [-0.3, -0.25) is 4.68 Å². The van der Waals surface area contributed by atoms with E-state index in [1.165, 1.54) is 0 Å². The van der Waals surface area contributed by atoms with Crippen LogP contribution in [-0.4, -0.2) is 16.8 Å². The van der Waals surface area contributed by atoms with E-state index < -0.39 is 0 Å². The number of aryl methyl sites for hydroxylation is 1. The minimum atomic E-state index is 0.259. The van der Waals surface area contributed by atoms with Crippen molar-refractivity contribution in [3.8, 4) is 0 Å². The first-order valence-corrected chi connectivity index (χ1v) is 6.29. The summed E-state index contributed by atoms with van der Waals surface area (Å²) in [5.74, 6) is 1.12. The highest BCUT2D eigenvalue weighted by Crippen LogP contribution is 2.31. The topological polar surface area (TPSA) is 29.9 Å². The van der Waals surface area contributed by atoms with Crippen LogP contribution in [0.2, 0.25) is 5.02 Å². The van der Waals surface area contributed by atoms with Crippen LogP contribution in [-0.2, 0) is 6.54 Å². The van der Waals surface area contributed by atoms with Crippen molar-refractivity contribution >= 4 is 11.6 Å². The van der Waals surface area contributed by atoms with E-state index in [1.807, 2.05) is 11.7 Å². The number of hydrogen-bond donors (Lipinski definition) is 1. The Hall–Kier alpha value is -0.540. The van der Waals surface area contributed by atoms with Crippen molar-refractivity contribution in [1.29, 1.82) is 0 Å². The summed E-state index contributed by atoms with van der Waals surface area (Å²) >= 11 is 6.22. The predicted octanol–water partition coefficient (Wildman–Crippen LogP) is 3.11. The Labute approximate surface area is 103 Å². The van der Waals surface area contributed by atoms with Crippen LogP contribution in [0.3, 0.4) is 0 Å². The van der Waals surface area contributed by atoms with Gasteiger partial charge >= 0.3 is 0 Å². The summed E-state index contributed by atoms with van der Waals surface area (Å²) in [5, 5.41) is 8.40. The van der Waals surface area contributed by atoms with E-state index in [4.69, 9.17) is 11.6 Å². The third-order valence-corrected chi connectivity index (χ3v) is 3.61. The van der Waals surface area contributed by atoms with Crippen LogP contribution in [0, 0.1) is 11.8 Å². The maximum atomic E-state index is 6.22. The molecule has 1 heterocycles. The van der Waals surface area contributed by atoms with Gasteiger partial charge in [0.05, 0.1) is 23.0 Å². The molecule has 1 N–H and O–H groups in total. The second kappa shape index (κ2) is 5.69. The average molecular weight is 244 g/mol. The van der Waals surface area contributed by atoms with Crippen molar-refractivity contribution in [3.63, 3.8) is 0 Å². The molecule has 0 aliphatic heterocycles. The lowest BCUT2D eigenvalue weighted by molar-refractivity contribution is 0.303. The summed E-state index contributed by atoms with van der Waals surface area (Å²) < 4.78 is 1.97. The molecule has 0 bridgehead atoms. The molecule has 0 amide bonds. The van der Waals surface area contributed by atoms with Gasteiger partial charge < -0.3 is 5.32 Å². The Bertz CT molecular complexity index is 333. The normalized spacial score (nSPS) is 15.4. The maximum Gasteiger partial charge on any atom is 0.0834 e. The quantitative estimate of drug-likeness (QED) is 0.861. The van der Waals surface area contributed by atoms with Crippen molar-refractivity contribution in [3.05, 3.63) is 16.9 Å². The molecule has 0 aromatic carbocycles. The predicted molar refractivity (Wildman–Crippen MR) is 68.7 cm³/mol. The third kappa shape index (κ3) is 2.58. The van der Waals surface area contributed by atoms with Gasteiger partial charge in [-0.15, -0.1) is 0 Å². The van der Waals surface area contributed by atoms with Crippen LogP contribution in [0.15, 0.2) is 6.20 Å². The van der Waals surface area contributed by atoms with Gasteiger partial charge in [0.15, 0.2) is 0 Å². The molecule has 1 aromatic rings.